The molecule has 0 saturated carbocycles. The molecule has 0 spiro atoms. The standard InChI is InChI=1S/C24H31N3O2/c1-15(2)22(24-26-19(6)27-29-24)25-13-20-11-17(4)23(18(5)12-20)28-14-21-10-8-7-9-16(21)3/h7-12,15,22,25H,13-14H2,1-6H3/t22-/m0/s1. The van der Waals surface area contributed by atoms with Gasteiger partial charge in [-0.15, -0.1) is 0 Å². The SMILES string of the molecule is Cc1noc([C@@H](NCc2cc(C)c(OCc3ccccc3C)c(C)c2)C(C)C)n1. The molecule has 3 aromatic rings. The van der Waals surface area contributed by atoms with Gasteiger partial charge in [0, 0.05) is 6.54 Å². The molecular formula is C24H31N3O2. The van der Waals surface area contributed by atoms with Crippen LogP contribution in [0, 0.1) is 33.6 Å². The molecule has 1 N–H and O–H groups in total. The first kappa shape index (κ1) is 21.1. The van der Waals surface area contributed by atoms with Gasteiger partial charge in [-0.25, -0.2) is 0 Å². The van der Waals surface area contributed by atoms with Gasteiger partial charge in [0.2, 0.25) is 5.89 Å². The molecule has 5 nitrogen and oxygen atoms in total. The summed E-state index contributed by atoms with van der Waals surface area (Å²) in [6.45, 7) is 13.8. The van der Waals surface area contributed by atoms with E-state index in [9.17, 15) is 0 Å². The Morgan fingerprint density at radius 3 is 2.28 bits per heavy atom. The van der Waals surface area contributed by atoms with E-state index in [-0.39, 0.29) is 6.04 Å². The van der Waals surface area contributed by atoms with Crippen LogP contribution in [0.1, 0.15) is 59.4 Å². The molecule has 0 saturated heterocycles. The lowest BCUT2D eigenvalue weighted by atomic mass is 10.0. The van der Waals surface area contributed by atoms with Gasteiger partial charge in [-0.1, -0.05) is 55.4 Å². The van der Waals surface area contributed by atoms with Gasteiger partial charge < -0.3 is 14.6 Å². The first-order valence-corrected chi connectivity index (χ1v) is 10.2. The third-order valence-electron chi connectivity index (χ3n) is 5.16. The van der Waals surface area contributed by atoms with Crippen molar-refractivity contribution in [3.8, 4) is 5.75 Å². The van der Waals surface area contributed by atoms with Crippen molar-refractivity contribution in [1.29, 1.82) is 0 Å². The summed E-state index contributed by atoms with van der Waals surface area (Å²) in [5.74, 6) is 2.61. The minimum absolute atomic E-state index is 0.0220. The zero-order chi connectivity index (χ0) is 21.0. The summed E-state index contributed by atoms with van der Waals surface area (Å²) in [6.07, 6.45) is 0. The molecule has 0 aliphatic rings. The molecule has 3 rings (SSSR count). The van der Waals surface area contributed by atoms with Crippen molar-refractivity contribution >= 4 is 0 Å². The third kappa shape index (κ3) is 5.24. The van der Waals surface area contributed by atoms with Crippen LogP contribution in [0.3, 0.4) is 0 Å². The molecule has 0 unspecified atom stereocenters. The zero-order valence-electron chi connectivity index (χ0n) is 18.2. The van der Waals surface area contributed by atoms with E-state index in [2.05, 4.69) is 86.5 Å². The lowest BCUT2D eigenvalue weighted by Gasteiger charge is -2.20. The van der Waals surface area contributed by atoms with Gasteiger partial charge >= 0.3 is 0 Å². The van der Waals surface area contributed by atoms with Crippen LogP contribution in [0.25, 0.3) is 0 Å². The number of benzene rings is 2. The number of aryl methyl sites for hydroxylation is 4. The average Bonchev–Trinajstić information content (AvgIpc) is 3.08. The molecule has 0 aliphatic carbocycles. The highest BCUT2D eigenvalue weighted by molar-refractivity contribution is 5.43. The van der Waals surface area contributed by atoms with Crippen molar-refractivity contribution in [2.45, 2.75) is 60.7 Å². The van der Waals surface area contributed by atoms with Gasteiger partial charge in [-0.05, 0) is 61.4 Å². The number of aromatic nitrogens is 2. The van der Waals surface area contributed by atoms with Crippen LogP contribution < -0.4 is 10.1 Å². The molecule has 0 aliphatic heterocycles. The Kier molecular flexibility index (Phi) is 6.70. The van der Waals surface area contributed by atoms with E-state index in [4.69, 9.17) is 9.26 Å². The highest BCUT2D eigenvalue weighted by Gasteiger charge is 2.21. The second-order valence-electron chi connectivity index (χ2n) is 8.06. The largest absolute Gasteiger partial charge is 0.488 e. The highest BCUT2D eigenvalue weighted by Crippen LogP contribution is 2.27. The maximum atomic E-state index is 6.17. The third-order valence-corrected chi connectivity index (χ3v) is 5.16. The van der Waals surface area contributed by atoms with E-state index >= 15 is 0 Å². The van der Waals surface area contributed by atoms with E-state index in [0.29, 0.717) is 24.2 Å². The first-order chi connectivity index (χ1) is 13.8. The van der Waals surface area contributed by atoms with Crippen LogP contribution in [0.15, 0.2) is 40.9 Å². The van der Waals surface area contributed by atoms with Gasteiger partial charge in [-0.3, -0.25) is 0 Å². The fourth-order valence-electron chi connectivity index (χ4n) is 3.57. The normalized spacial score (nSPS) is 12.4. The summed E-state index contributed by atoms with van der Waals surface area (Å²) >= 11 is 0. The average molecular weight is 394 g/mol. The predicted octanol–water partition coefficient (Wildman–Crippen LogP) is 5.37. The van der Waals surface area contributed by atoms with E-state index < -0.39 is 0 Å². The Balaban J connectivity index is 1.69. The summed E-state index contributed by atoms with van der Waals surface area (Å²) < 4.78 is 11.6. The highest BCUT2D eigenvalue weighted by atomic mass is 16.5. The molecule has 5 heteroatoms. The topological polar surface area (TPSA) is 60.2 Å². The van der Waals surface area contributed by atoms with Crippen LogP contribution in [-0.2, 0) is 13.2 Å². The number of hydrogen-bond donors (Lipinski definition) is 1. The molecule has 0 radical (unpaired) electrons. The molecule has 0 bridgehead atoms. The molecule has 2 aromatic carbocycles. The number of rotatable bonds is 8. The van der Waals surface area contributed by atoms with Gasteiger partial charge in [0.1, 0.15) is 12.4 Å². The van der Waals surface area contributed by atoms with Gasteiger partial charge in [0.15, 0.2) is 5.82 Å². The predicted molar refractivity (Wildman–Crippen MR) is 115 cm³/mol. The van der Waals surface area contributed by atoms with Crippen molar-refractivity contribution in [2.24, 2.45) is 5.92 Å². The summed E-state index contributed by atoms with van der Waals surface area (Å²) in [5.41, 5.74) is 5.96. The Morgan fingerprint density at radius 2 is 1.69 bits per heavy atom. The van der Waals surface area contributed by atoms with E-state index in [1.807, 2.05) is 6.92 Å². The van der Waals surface area contributed by atoms with E-state index in [1.54, 1.807) is 0 Å². The monoisotopic (exact) mass is 393 g/mol. The number of ether oxygens (including phenoxy) is 1. The summed E-state index contributed by atoms with van der Waals surface area (Å²) in [6, 6.07) is 12.7. The quantitative estimate of drug-likeness (QED) is 0.557. The zero-order valence-corrected chi connectivity index (χ0v) is 18.2. The first-order valence-electron chi connectivity index (χ1n) is 10.2. The fraction of sp³-hybridized carbons (Fsp3) is 0.417. The van der Waals surface area contributed by atoms with Crippen molar-refractivity contribution in [3.05, 3.63) is 75.9 Å². The molecule has 0 fully saturated rings. The second-order valence-corrected chi connectivity index (χ2v) is 8.06. The Morgan fingerprint density at radius 1 is 1.00 bits per heavy atom. The van der Waals surface area contributed by atoms with Crippen LogP contribution >= 0.6 is 0 Å². The van der Waals surface area contributed by atoms with Gasteiger partial charge in [0.25, 0.3) is 0 Å². The van der Waals surface area contributed by atoms with E-state index in [1.165, 1.54) is 16.7 Å². The van der Waals surface area contributed by atoms with E-state index in [0.717, 1.165) is 23.4 Å². The molecular weight excluding hydrogens is 362 g/mol. The Hall–Kier alpha value is -2.66. The van der Waals surface area contributed by atoms with Crippen molar-refractivity contribution in [3.63, 3.8) is 0 Å². The maximum Gasteiger partial charge on any atom is 0.244 e. The lowest BCUT2D eigenvalue weighted by molar-refractivity contribution is 0.286. The number of nitrogens with one attached hydrogen (secondary N) is 1. The summed E-state index contributed by atoms with van der Waals surface area (Å²) in [4.78, 5) is 4.39. The number of nitrogens with zero attached hydrogens (tertiary/aromatic N) is 2. The van der Waals surface area contributed by atoms with Gasteiger partial charge in [0.05, 0.1) is 6.04 Å². The van der Waals surface area contributed by atoms with Crippen LogP contribution in [-0.4, -0.2) is 10.1 Å². The minimum Gasteiger partial charge on any atom is -0.488 e. The van der Waals surface area contributed by atoms with Crippen LogP contribution in [0.2, 0.25) is 0 Å². The number of hydrogen-bond acceptors (Lipinski definition) is 5. The van der Waals surface area contributed by atoms with Crippen LogP contribution in [0.4, 0.5) is 0 Å². The summed E-state index contributed by atoms with van der Waals surface area (Å²) in [7, 11) is 0. The maximum absolute atomic E-state index is 6.17. The Labute approximate surface area is 173 Å². The molecule has 1 heterocycles. The molecule has 29 heavy (non-hydrogen) atoms. The fourth-order valence-corrected chi connectivity index (χ4v) is 3.57. The second kappa shape index (κ2) is 9.23. The van der Waals surface area contributed by atoms with Crippen molar-refractivity contribution < 1.29 is 9.26 Å². The van der Waals surface area contributed by atoms with Crippen molar-refractivity contribution in [1.82, 2.24) is 15.5 Å². The van der Waals surface area contributed by atoms with Crippen molar-refractivity contribution in [2.75, 3.05) is 0 Å². The van der Waals surface area contributed by atoms with Gasteiger partial charge in [-0.2, -0.15) is 4.98 Å². The summed E-state index contributed by atoms with van der Waals surface area (Å²) in [5, 5.41) is 7.49. The minimum atomic E-state index is 0.0220. The molecule has 0 amide bonds. The lowest BCUT2D eigenvalue weighted by Crippen LogP contribution is -2.25. The molecule has 1 aromatic heterocycles. The molecule has 1 atom stereocenters. The molecule has 154 valence electrons. The van der Waals surface area contributed by atoms with Crippen LogP contribution in [0.5, 0.6) is 5.75 Å². The Bertz CT molecular complexity index is 939. The smallest absolute Gasteiger partial charge is 0.244 e.